The minimum atomic E-state index is -0.894. The third kappa shape index (κ3) is 3.92. The van der Waals surface area contributed by atoms with Gasteiger partial charge in [0, 0.05) is 19.2 Å². The van der Waals surface area contributed by atoms with Crippen molar-refractivity contribution in [2.24, 2.45) is 5.92 Å². The highest BCUT2D eigenvalue weighted by molar-refractivity contribution is 5.81. The first-order valence-electron chi connectivity index (χ1n) is 5.46. The number of carboxylic acid groups (broad SMARTS) is 1. The van der Waals surface area contributed by atoms with Crippen LogP contribution in [-0.2, 0) is 9.53 Å². The second kappa shape index (κ2) is 6.15. The molecule has 0 aromatic heterocycles. The Labute approximate surface area is 94.7 Å². The molecule has 5 heteroatoms. The van der Waals surface area contributed by atoms with E-state index < -0.39 is 6.09 Å². The van der Waals surface area contributed by atoms with Crippen LogP contribution in [0.4, 0.5) is 4.79 Å². The van der Waals surface area contributed by atoms with E-state index in [2.05, 4.69) is 0 Å². The lowest BCUT2D eigenvalue weighted by molar-refractivity contribution is -0.137. The van der Waals surface area contributed by atoms with Gasteiger partial charge >= 0.3 is 12.1 Å². The van der Waals surface area contributed by atoms with Gasteiger partial charge in [0.25, 0.3) is 0 Å². The highest BCUT2D eigenvalue weighted by atomic mass is 16.5. The summed E-state index contributed by atoms with van der Waals surface area (Å²) in [5.74, 6) is -0.246. The van der Waals surface area contributed by atoms with Gasteiger partial charge in [0.1, 0.15) is 0 Å². The first kappa shape index (κ1) is 12.5. The first-order valence-corrected chi connectivity index (χ1v) is 5.46. The van der Waals surface area contributed by atoms with Gasteiger partial charge in [0.15, 0.2) is 0 Å². The Bertz CT molecular complexity index is 288. The summed E-state index contributed by atoms with van der Waals surface area (Å²) in [4.78, 5) is 23.2. The summed E-state index contributed by atoms with van der Waals surface area (Å²) < 4.78 is 4.75. The van der Waals surface area contributed by atoms with Crippen LogP contribution in [0.3, 0.4) is 0 Å². The van der Waals surface area contributed by atoms with Crippen LogP contribution >= 0.6 is 0 Å². The largest absolute Gasteiger partial charge is 0.465 e. The minimum absolute atomic E-state index is 0.120. The first-order chi connectivity index (χ1) is 7.63. The second-order valence-electron chi connectivity index (χ2n) is 3.74. The van der Waals surface area contributed by atoms with E-state index in [1.54, 1.807) is 13.0 Å². The number of hydrogen-bond acceptors (Lipinski definition) is 3. The van der Waals surface area contributed by atoms with Crippen molar-refractivity contribution in [3.63, 3.8) is 0 Å². The van der Waals surface area contributed by atoms with Crippen LogP contribution < -0.4 is 0 Å². The number of ether oxygens (including phenoxy) is 1. The van der Waals surface area contributed by atoms with Crippen molar-refractivity contribution in [1.82, 2.24) is 4.90 Å². The molecular weight excluding hydrogens is 210 g/mol. The van der Waals surface area contributed by atoms with E-state index >= 15 is 0 Å². The molecule has 1 heterocycles. The molecule has 1 atom stereocenters. The third-order valence-electron chi connectivity index (χ3n) is 2.52. The van der Waals surface area contributed by atoms with E-state index in [-0.39, 0.29) is 11.9 Å². The van der Waals surface area contributed by atoms with Gasteiger partial charge in [0.2, 0.25) is 0 Å². The normalized spacial score (nSPS) is 21.1. The molecule has 0 radical (unpaired) electrons. The topological polar surface area (TPSA) is 66.8 Å². The van der Waals surface area contributed by atoms with Crippen molar-refractivity contribution < 1.29 is 19.4 Å². The van der Waals surface area contributed by atoms with Crippen molar-refractivity contribution in [3.05, 3.63) is 12.2 Å². The average molecular weight is 227 g/mol. The molecule has 1 fully saturated rings. The molecule has 90 valence electrons. The number of nitrogens with zero attached hydrogens (tertiary/aromatic N) is 1. The van der Waals surface area contributed by atoms with Gasteiger partial charge in [-0.3, -0.25) is 0 Å². The van der Waals surface area contributed by atoms with Gasteiger partial charge in [-0.1, -0.05) is 6.08 Å². The number of piperidine rings is 1. The maximum Gasteiger partial charge on any atom is 0.407 e. The van der Waals surface area contributed by atoms with Gasteiger partial charge < -0.3 is 14.7 Å². The average Bonchev–Trinajstić information content (AvgIpc) is 2.27. The van der Waals surface area contributed by atoms with Crippen molar-refractivity contribution in [1.29, 1.82) is 0 Å². The lowest BCUT2D eigenvalue weighted by Crippen LogP contribution is -2.38. The number of likely N-dealkylation sites (tertiary alicyclic amines) is 1. The number of esters is 1. The molecule has 1 aliphatic heterocycles. The van der Waals surface area contributed by atoms with Crippen molar-refractivity contribution in [2.75, 3.05) is 19.7 Å². The van der Waals surface area contributed by atoms with E-state index in [0.29, 0.717) is 19.7 Å². The molecule has 1 aliphatic rings. The molecule has 0 spiro atoms. The van der Waals surface area contributed by atoms with Gasteiger partial charge in [0.05, 0.1) is 6.61 Å². The maximum atomic E-state index is 11.1. The highest BCUT2D eigenvalue weighted by Gasteiger charge is 2.21. The molecule has 16 heavy (non-hydrogen) atoms. The van der Waals surface area contributed by atoms with Crippen molar-refractivity contribution in [3.8, 4) is 0 Å². The van der Waals surface area contributed by atoms with E-state index in [0.717, 1.165) is 12.8 Å². The van der Waals surface area contributed by atoms with Crippen LogP contribution in [0.5, 0.6) is 0 Å². The quantitative estimate of drug-likeness (QED) is 0.586. The minimum Gasteiger partial charge on any atom is -0.465 e. The number of hydrogen-bond donors (Lipinski definition) is 1. The zero-order chi connectivity index (χ0) is 12.0. The fourth-order valence-corrected chi connectivity index (χ4v) is 1.75. The molecule has 0 aromatic rings. The SMILES string of the molecule is CCOC(=O)/C=C/[C@H]1CCCN(C(=O)O)C1. The van der Waals surface area contributed by atoms with Gasteiger partial charge in [-0.05, 0) is 25.7 Å². The van der Waals surface area contributed by atoms with Crippen LogP contribution in [0.2, 0.25) is 0 Å². The summed E-state index contributed by atoms with van der Waals surface area (Å²) in [6.45, 7) is 3.15. The summed E-state index contributed by atoms with van der Waals surface area (Å²) in [5.41, 5.74) is 0. The molecule has 5 nitrogen and oxygen atoms in total. The second-order valence-corrected chi connectivity index (χ2v) is 3.74. The monoisotopic (exact) mass is 227 g/mol. The Morgan fingerprint density at radius 1 is 1.56 bits per heavy atom. The van der Waals surface area contributed by atoms with E-state index in [1.807, 2.05) is 0 Å². The predicted octanol–water partition coefficient (Wildman–Crippen LogP) is 1.50. The Morgan fingerprint density at radius 2 is 2.31 bits per heavy atom. The lowest BCUT2D eigenvalue weighted by Gasteiger charge is -2.28. The summed E-state index contributed by atoms with van der Waals surface area (Å²) in [7, 11) is 0. The standard InChI is InChI=1S/C11H17NO4/c1-2-16-10(13)6-5-9-4-3-7-12(8-9)11(14)15/h5-6,9H,2-4,7-8H2,1H3,(H,14,15)/b6-5+/t9-/m1/s1. The van der Waals surface area contributed by atoms with E-state index in [4.69, 9.17) is 9.84 Å². The molecule has 0 bridgehead atoms. The number of carbonyl (C=O) groups excluding carboxylic acids is 1. The highest BCUT2D eigenvalue weighted by Crippen LogP contribution is 2.17. The number of amides is 1. The number of carbonyl (C=O) groups is 2. The van der Waals surface area contributed by atoms with Crippen LogP contribution in [0.15, 0.2) is 12.2 Å². The molecule has 1 N–H and O–H groups in total. The van der Waals surface area contributed by atoms with Crippen LogP contribution in [0.1, 0.15) is 19.8 Å². The van der Waals surface area contributed by atoms with Crippen molar-refractivity contribution in [2.45, 2.75) is 19.8 Å². The summed E-state index contributed by atoms with van der Waals surface area (Å²) >= 11 is 0. The molecule has 1 rings (SSSR count). The van der Waals surface area contributed by atoms with Crippen molar-refractivity contribution >= 4 is 12.1 Å². The smallest absolute Gasteiger partial charge is 0.407 e. The Morgan fingerprint density at radius 3 is 2.94 bits per heavy atom. The fourth-order valence-electron chi connectivity index (χ4n) is 1.75. The van der Waals surface area contributed by atoms with Gasteiger partial charge in [-0.15, -0.1) is 0 Å². The molecule has 0 aliphatic carbocycles. The maximum absolute atomic E-state index is 11.1. The zero-order valence-corrected chi connectivity index (χ0v) is 9.39. The summed E-state index contributed by atoms with van der Waals surface area (Å²) in [6.07, 6.45) is 3.99. The summed E-state index contributed by atoms with van der Waals surface area (Å²) in [5, 5.41) is 8.83. The Balaban J connectivity index is 2.42. The number of rotatable bonds is 3. The van der Waals surface area contributed by atoms with E-state index in [9.17, 15) is 9.59 Å². The Kier molecular flexibility index (Phi) is 4.82. The van der Waals surface area contributed by atoms with Gasteiger partial charge in [-0.25, -0.2) is 9.59 Å². The van der Waals surface area contributed by atoms with E-state index in [1.165, 1.54) is 11.0 Å². The molecule has 1 saturated heterocycles. The Hall–Kier alpha value is -1.52. The van der Waals surface area contributed by atoms with Crippen LogP contribution in [0.25, 0.3) is 0 Å². The molecular formula is C11H17NO4. The molecule has 0 aromatic carbocycles. The molecule has 1 amide bonds. The summed E-state index contributed by atoms with van der Waals surface area (Å²) in [6, 6.07) is 0. The molecule has 0 unspecified atom stereocenters. The lowest BCUT2D eigenvalue weighted by atomic mass is 9.98. The van der Waals surface area contributed by atoms with Crippen LogP contribution in [0, 0.1) is 5.92 Å². The molecule has 0 saturated carbocycles. The van der Waals surface area contributed by atoms with Gasteiger partial charge in [-0.2, -0.15) is 0 Å². The van der Waals surface area contributed by atoms with Crippen LogP contribution in [-0.4, -0.2) is 41.8 Å². The predicted molar refractivity (Wildman–Crippen MR) is 58.1 cm³/mol. The fraction of sp³-hybridized carbons (Fsp3) is 0.636. The zero-order valence-electron chi connectivity index (χ0n) is 9.39. The third-order valence-corrected chi connectivity index (χ3v) is 2.52.